The van der Waals surface area contributed by atoms with Crippen LogP contribution < -0.4 is 0 Å². The molecule has 5 heteroatoms. The van der Waals surface area contributed by atoms with Gasteiger partial charge in [0.2, 0.25) is 0 Å². The molecule has 0 aromatic rings. The van der Waals surface area contributed by atoms with Gasteiger partial charge in [-0.1, -0.05) is 6.58 Å². The fourth-order valence-corrected chi connectivity index (χ4v) is 0.373. The number of aliphatic hydroxyl groups is 1. The number of hydrogen-bond donors (Lipinski definition) is 1. The molecule has 27 heavy (non-hydrogen) atoms. The molecule has 0 bridgehead atoms. The van der Waals surface area contributed by atoms with Crippen LogP contribution in [0, 0.1) is 52.6 Å². The first-order valence-electron chi connectivity index (χ1n) is 6.65. The Labute approximate surface area is 186 Å². The Balaban J connectivity index is -0.0000000590. The number of hydrogen-bond acceptors (Lipinski definition) is 3. The predicted octanol–water partition coefficient (Wildman–Crippen LogP) is 3.71. The van der Waals surface area contributed by atoms with Crippen molar-refractivity contribution in [1.82, 2.24) is 0 Å². The zero-order valence-corrected chi connectivity index (χ0v) is 17.4. The van der Waals surface area contributed by atoms with Crippen molar-refractivity contribution in [1.29, 1.82) is 0 Å². The SMILES string of the molecule is [CH-]=CC(=[CH-])CO.[CH-]=CC(=[CH-])COC(=O)C(=C)C.[CH-]=CC=[CH-].[CH-]=CC=[CH-].[Fe+4].[Fe+4]. The van der Waals surface area contributed by atoms with Gasteiger partial charge in [0.1, 0.15) is 0 Å². The number of aliphatic hydroxyl groups excluding tert-OH is 1. The predicted molar refractivity (Wildman–Crippen MR) is 102 cm³/mol. The Morgan fingerprint density at radius 1 is 0.889 bits per heavy atom. The topological polar surface area (TPSA) is 46.5 Å². The molecule has 0 heterocycles. The van der Waals surface area contributed by atoms with Gasteiger partial charge in [-0.25, -0.2) is 4.79 Å². The fraction of sp³-hybridized carbons (Fsp3) is 0.136. The number of carbonyl (C=O) groups excluding carboxylic acids is 1. The molecule has 0 spiro atoms. The van der Waals surface area contributed by atoms with Crippen LogP contribution in [0.4, 0.5) is 0 Å². The average Bonchev–Trinajstić information content (AvgIpc) is 2.65. The zero-order valence-electron chi connectivity index (χ0n) is 15.2. The first-order chi connectivity index (χ1) is 11.7. The number of carbonyl (C=O) groups is 1. The Bertz CT molecular complexity index is 466. The van der Waals surface area contributed by atoms with Crippen molar-refractivity contribution in [3.8, 4) is 0 Å². The van der Waals surface area contributed by atoms with Gasteiger partial charge in [0, 0.05) is 12.2 Å². The van der Waals surface area contributed by atoms with Gasteiger partial charge < -0.3 is 110 Å². The molecule has 3 nitrogen and oxygen atoms in total. The van der Waals surface area contributed by atoms with E-state index in [0.29, 0.717) is 16.7 Å². The third kappa shape index (κ3) is 51.6. The summed E-state index contributed by atoms with van der Waals surface area (Å²) in [4.78, 5) is 10.7. The van der Waals surface area contributed by atoms with E-state index in [-0.39, 0.29) is 47.4 Å². The summed E-state index contributed by atoms with van der Waals surface area (Å²) >= 11 is 0. The van der Waals surface area contributed by atoms with Crippen LogP contribution in [-0.4, -0.2) is 24.3 Å². The molecule has 0 aliphatic heterocycles. The molecule has 146 valence electrons. The van der Waals surface area contributed by atoms with Crippen molar-refractivity contribution >= 4 is 5.97 Å². The molecule has 0 unspecified atom stereocenters. The van der Waals surface area contributed by atoms with Crippen LogP contribution >= 0.6 is 0 Å². The molecule has 0 rings (SSSR count). The molecule has 0 aliphatic carbocycles. The van der Waals surface area contributed by atoms with E-state index >= 15 is 0 Å². The smallest absolute Gasteiger partial charge is 0.479 e. The number of allylic oxidation sites excluding steroid dienone is 4. The molecule has 0 saturated carbocycles. The Morgan fingerprint density at radius 2 is 1.22 bits per heavy atom. The summed E-state index contributed by atoms with van der Waals surface area (Å²) in [6, 6.07) is 0. The normalized spacial score (nSPS) is 6.59. The van der Waals surface area contributed by atoms with Crippen molar-refractivity contribution in [2.45, 2.75) is 6.92 Å². The van der Waals surface area contributed by atoms with Crippen molar-refractivity contribution < 1.29 is 48.8 Å². The van der Waals surface area contributed by atoms with E-state index in [1.807, 2.05) is 0 Å². The van der Waals surface area contributed by atoms with Crippen LogP contribution in [0.3, 0.4) is 0 Å². The minimum atomic E-state index is -0.463. The molecule has 0 aromatic heterocycles. The summed E-state index contributed by atoms with van der Waals surface area (Å²) in [7, 11) is 0. The van der Waals surface area contributed by atoms with Gasteiger partial charge in [-0.3, -0.25) is 0 Å². The summed E-state index contributed by atoms with van der Waals surface area (Å²) in [5.74, 6) is -0.463. The van der Waals surface area contributed by atoms with Crippen LogP contribution in [0.5, 0.6) is 0 Å². The van der Waals surface area contributed by atoms with Gasteiger partial charge in [0.05, 0.1) is 0 Å². The quantitative estimate of drug-likeness (QED) is 0.203. The van der Waals surface area contributed by atoms with E-state index in [1.165, 1.54) is 36.5 Å². The van der Waals surface area contributed by atoms with Crippen LogP contribution in [0.25, 0.3) is 0 Å². The van der Waals surface area contributed by atoms with E-state index < -0.39 is 5.97 Å². The van der Waals surface area contributed by atoms with Gasteiger partial charge in [0.25, 0.3) is 0 Å². The Morgan fingerprint density at radius 3 is 1.37 bits per heavy atom. The Kier molecular flexibility index (Phi) is 52.2. The molecule has 0 fully saturated rings. The van der Waals surface area contributed by atoms with Crippen LogP contribution in [0.15, 0.2) is 59.8 Å². The van der Waals surface area contributed by atoms with Gasteiger partial charge in [-0.15, -0.1) is 0 Å². The Hall–Kier alpha value is -1.87. The van der Waals surface area contributed by atoms with Crippen LogP contribution in [0.1, 0.15) is 6.92 Å². The first-order valence-corrected chi connectivity index (χ1v) is 6.65. The minimum Gasteiger partial charge on any atom is -0.479 e. The standard InChI is InChI=1S/C9H10O2.C5H6O.2C4H4.2Fe/c1-5-8(4)6-11-9(10)7(2)3;1-3-5(2)4-6;2*1-3-4-2;;/h1,4-5H,2,6H2,3H3;1-3,6H,4H2;2*1-4H;;/q4*-2;2*+4. The fourth-order valence-electron chi connectivity index (χ4n) is 0.373. The molecule has 0 atom stereocenters. The third-order valence-corrected chi connectivity index (χ3v) is 1.55. The average molecular weight is 448 g/mol. The second-order valence-corrected chi connectivity index (χ2v) is 3.77. The summed E-state index contributed by atoms with van der Waals surface area (Å²) in [6.07, 6.45) is 7.46. The molecule has 0 saturated heterocycles. The van der Waals surface area contributed by atoms with Gasteiger partial charge in [-0.2, -0.15) is 0 Å². The zero-order chi connectivity index (χ0) is 20.7. The summed E-state index contributed by atoms with van der Waals surface area (Å²) in [5, 5.41) is 8.06. The van der Waals surface area contributed by atoms with Crippen molar-refractivity contribution in [3.05, 3.63) is 112 Å². The maximum absolute atomic E-state index is 10.7. The van der Waals surface area contributed by atoms with Crippen LogP contribution in [0.2, 0.25) is 0 Å². The summed E-state index contributed by atoms with van der Waals surface area (Å²) in [5.41, 5.74) is 0.962. The molecule has 0 amide bonds. The molecule has 0 radical (unpaired) electrons. The van der Waals surface area contributed by atoms with Crippen LogP contribution in [-0.2, 0) is 43.7 Å². The van der Waals surface area contributed by atoms with Gasteiger partial charge >= 0.3 is 40.1 Å². The maximum Gasteiger partial charge on any atom is 4.00 e. The number of esters is 1. The van der Waals surface area contributed by atoms with E-state index in [1.54, 1.807) is 6.92 Å². The monoisotopic (exact) mass is 448 g/mol. The summed E-state index contributed by atoms with van der Waals surface area (Å²) in [6.45, 7) is 43.8. The molecular weight excluding hydrogens is 424 g/mol. The minimum absolute atomic E-state index is 0. The molecule has 1 N–H and O–H groups in total. The molecular formula is C22H24Fe2O3. The second-order valence-electron chi connectivity index (χ2n) is 3.77. The third-order valence-electron chi connectivity index (χ3n) is 1.55. The van der Waals surface area contributed by atoms with Gasteiger partial charge in [-0.05, 0) is 13.5 Å². The maximum atomic E-state index is 10.7. The van der Waals surface area contributed by atoms with E-state index in [9.17, 15) is 4.79 Å². The first kappa shape index (κ1) is 40.0. The second kappa shape index (κ2) is 35.3. The molecule has 0 aliphatic rings. The van der Waals surface area contributed by atoms with Crippen molar-refractivity contribution in [2.75, 3.05) is 13.2 Å². The molecule has 0 aromatic carbocycles. The van der Waals surface area contributed by atoms with E-state index in [4.69, 9.17) is 57.7 Å². The van der Waals surface area contributed by atoms with E-state index in [0.717, 1.165) is 0 Å². The largest absolute Gasteiger partial charge is 4.00 e. The van der Waals surface area contributed by atoms with E-state index in [2.05, 4.69) is 11.3 Å². The van der Waals surface area contributed by atoms with Gasteiger partial charge in [0.15, 0.2) is 0 Å². The number of ether oxygens (including phenoxy) is 1. The van der Waals surface area contributed by atoms with Crippen molar-refractivity contribution in [3.63, 3.8) is 0 Å². The number of rotatable bonds is 8. The van der Waals surface area contributed by atoms with Crippen molar-refractivity contribution in [2.24, 2.45) is 0 Å². The summed E-state index contributed by atoms with van der Waals surface area (Å²) < 4.78 is 4.64.